The molecule has 0 aromatic heterocycles. The monoisotopic (exact) mass is 569 g/mol. The Kier molecular flexibility index (Phi) is 10.0. The molecule has 3 rings (SSSR count). The van der Waals surface area contributed by atoms with Gasteiger partial charge >= 0.3 is 0 Å². The maximum atomic E-state index is 13.7. The summed E-state index contributed by atoms with van der Waals surface area (Å²) in [4.78, 5) is 32.5. The van der Waals surface area contributed by atoms with Gasteiger partial charge in [-0.3, -0.25) is 9.59 Å². The number of carbonyl (C=O) groups is 2. The van der Waals surface area contributed by atoms with Crippen LogP contribution in [0.25, 0.3) is 0 Å². The molecular weight excluding hydrogens is 542 g/mol. The summed E-state index contributed by atoms with van der Waals surface area (Å²) in [5.41, 5.74) is -0.453. The summed E-state index contributed by atoms with van der Waals surface area (Å²) in [6.45, 7) is 4.80. The molecule has 2 N–H and O–H groups in total. The van der Waals surface area contributed by atoms with Crippen LogP contribution in [0, 0.1) is 17.5 Å². The number of halogens is 4. The lowest BCUT2D eigenvalue weighted by atomic mass is 10.2. The molecule has 2 aliphatic heterocycles. The van der Waals surface area contributed by atoms with Gasteiger partial charge in [-0.25, -0.2) is 18.2 Å². The number of guanidine groups is 1. The van der Waals surface area contributed by atoms with E-state index in [0.29, 0.717) is 45.3 Å². The van der Waals surface area contributed by atoms with Crippen LogP contribution in [0.15, 0.2) is 17.1 Å². The molecular formula is C20H27F3IN5O3. The van der Waals surface area contributed by atoms with E-state index in [2.05, 4.69) is 15.6 Å². The van der Waals surface area contributed by atoms with Gasteiger partial charge in [0.25, 0.3) is 5.91 Å². The Balaban J connectivity index is 0.00000363. The van der Waals surface area contributed by atoms with E-state index in [1.807, 2.05) is 11.8 Å². The predicted octanol–water partition coefficient (Wildman–Crippen LogP) is 1.95. The van der Waals surface area contributed by atoms with Crippen LogP contribution in [0.4, 0.5) is 18.9 Å². The largest absolute Gasteiger partial charge is 0.368 e. The van der Waals surface area contributed by atoms with Gasteiger partial charge in [-0.15, -0.1) is 24.0 Å². The van der Waals surface area contributed by atoms with Crippen molar-refractivity contribution in [1.29, 1.82) is 0 Å². The predicted molar refractivity (Wildman–Crippen MR) is 123 cm³/mol. The molecule has 12 heteroatoms. The van der Waals surface area contributed by atoms with E-state index in [4.69, 9.17) is 4.74 Å². The SMILES string of the molecule is CCNC(=NCC(=O)Nc1ccc(F)c(F)c1F)N1CCN(C(=O)C2CCCO2)CC1.I. The van der Waals surface area contributed by atoms with Gasteiger partial charge in [0.2, 0.25) is 5.91 Å². The van der Waals surface area contributed by atoms with Crippen LogP contribution in [0.1, 0.15) is 19.8 Å². The second-order valence-electron chi connectivity index (χ2n) is 7.26. The van der Waals surface area contributed by atoms with Crippen molar-refractivity contribution in [2.45, 2.75) is 25.9 Å². The summed E-state index contributed by atoms with van der Waals surface area (Å²) in [5, 5.41) is 5.27. The van der Waals surface area contributed by atoms with Crippen LogP contribution in [-0.2, 0) is 14.3 Å². The summed E-state index contributed by atoms with van der Waals surface area (Å²) >= 11 is 0. The van der Waals surface area contributed by atoms with Crippen molar-refractivity contribution in [3.8, 4) is 0 Å². The number of carbonyl (C=O) groups excluding carboxylic acids is 2. The molecule has 178 valence electrons. The first-order valence-corrected chi connectivity index (χ1v) is 10.3. The first kappa shape index (κ1) is 26.2. The second-order valence-corrected chi connectivity index (χ2v) is 7.26. The second kappa shape index (κ2) is 12.2. The molecule has 1 unspecified atom stereocenters. The van der Waals surface area contributed by atoms with E-state index in [9.17, 15) is 22.8 Å². The van der Waals surface area contributed by atoms with Crippen LogP contribution in [0.2, 0.25) is 0 Å². The molecule has 2 aliphatic rings. The van der Waals surface area contributed by atoms with Crippen molar-refractivity contribution in [2.75, 3.05) is 51.2 Å². The smallest absolute Gasteiger partial charge is 0.251 e. The summed E-state index contributed by atoms with van der Waals surface area (Å²) < 4.78 is 45.5. The van der Waals surface area contributed by atoms with Gasteiger partial charge in [0.05, 0.1) is 5.69 Å². The normalized spacial score (nSPS) is 18.9. The third-order valence-corrected chi connectivity index (χ3v) is 5.11. The molecule has 0 radical (unpaired) electrons. The Morgan fingerprint density at radius 1 is 1.12 bits per heavy atom. The van der Waals surface area contributed by atoms with Gasteiger partial charge < -0.3 is 25.2 Å². The van der Waals surface area contributed by atoms with Crippen molar-refractivity contribution < 1.29 is 27.5 Å². The molecule has 2 heterocycles. The lowest BCUT2D eigenvalue weighted by molar-refractivity contribution is -0.142. The number of nitrogens with one attached hydrogen (secondary N) is 2. The average molecular weight is 569 g/mol. The molecule has 0 aliphatic carbocycles. The van der Waals surface area contributed by atoms with E-state index in [0.717, 1.165) is 25.0 Å². The van der Waals surface area contributed by atoms with Crippen molar-refractivity contribution >= 4 is 47.4 Å². The number of nitrogens with zero attached hydrogens (tertiary/aromatic N) is 3. The third-order valence-electron chi connectivity index (χ3n) is 5.11. The number of hydrogen-bond donors (Lipinski definition) is 2. The quantitative estimate of drug-likeness (QED) is 0.245. The first-order valence-electron chi connectivity index (χ1n) is 10.3. The number of piperazine rings is 1. The van der Waals surface area contributed by atoms with Gasteiger partial charge in [0, 0.05) is 39.3 Å². The average Bonchev–Trinajstić information content (AvgIpc) is 3.32. The standard InChI is InChI=1S/C20H26F3N5O3.HI/c1-2-24-20(25-12-16(29)26-14-6-5-13(21)17(22)18(14)23)28-9-7-27(8-10-28)19(30)15-4-3-11-31-15;/h5-6,15H,2-4,7-12H2,1H3,(H,24,25)(H,26,29);1H. The zero-order valence-electron chi connectivity index (χ0n) is 17.7. The number of rotatable bonds is 5. The molecule has 2 fully saturated rings. The molecule has 0 spiro atoms. The molecule has 0 bridgehead atoms. The Morgan fingerprint density at radius 2 is 1.81 bits per heavy atom. The number of benzene rings is 1. The van der Waals surface area contributed by atoms with Crippen LogP contribution in [0.5, 0.6) is 0 Å². The van der Waals surface area contributed by atoms with Crippen LogP contribution < -0.4 is 10.6 Å². The number of hydrogen-bond acceptors (Lipinski definition) is 4. The van der Waals surface area contributed by atoms with Gasteiger partial charge in [-0.2, -0.15) is 0 Å². The van der Waals surface area contributed by atoms with E-state index in [1.165, 1.54) is 0 Å². The third kappa shape index (κ3) is 6.47. The lowest BCUT2D eigenvalue weighted by Crippen LogP contribution is -2.55. The van der Waals surface area contributed by atoms with Gasteiger partial charge in [-0.1, -0.05) is 0 Å². The van der Waals surface area contributed by atoms with Crippen LogP contribution >= 0.6 is 24.0 Å². The zero-order chi connectivity index (χ0) is 22.4. The van der Waals surface area contributed by atoms with Crippen molar-refractivity contribution in [1.82, 2.24) is 15.1 Å². The highest BCUT2D eigenvalue weighted by Gasteiger charge is 2.31. The van der Waals surface area contributed by atoms with E-state index < -0.39 is 29.0 Å². The summed E-state index contributed by atoms with van der Waals surface area (Å²) in [6.07, 6.45) is 1.29. The van der Waals surface area contributed by atoms with Crippen molar-refractivity contribution in [2.24, 2.45) is 4.99 Å². The Bertz CT molecular complexity index is 844. The molecule has 1 atom stereocenters. The molecule has 1 aromatic carbocycles. The van der Waals surface area contributed by atoms with Gasteiger partial charge in [0.15, 0.2) is 23.4 Å². The highest BCUT2D eigenvalue weighted by atomic mass is 127. The maximum absolute atomic E-state index is 13.7. The van der Waals surface area contributed by atoms with Crippen LogP contribution in [-0.4, -0.2) is 79.6 Å². The minimum Gasteiger partial charge on any atom is -0.368 e. The Labute approximate surface area is 201 Å². The summed E-state index contributed by atoms with van der Waals surface area (Å²) in [6, 6.07) is 1.68. The van der Waals surface area contributed by atoms with E-state index in [-0.39, 0.29) is 42.5 Å². The number of amides is 2. The molecule has 0 saturated carbocycles. The fourth-order valence-corrected chi connectivity index (χ4v) is 3.50. The highest BCUT2D eigenvalue weighted by Crippen LogP contribution is 2.19. The van der Waals surface area contributed by atoms with Crippen LogP contribution in [0.3, 0.4) is 0 Å². The van der Waals surface area contributed by atoms with Gasteiger partial charge in [-0.05, 0) is 31.9 Å². The highest BCUT2D eigenvalue weighted by molar-refractivity contribution is 14.0. The topological polar surface area (TPSA) is 86.3 Å². The van der Waals surface area contributed by atoms with Crippen molar-refractivity contribution in [3.63, 3.8) is 0 Å². The maximum Gasteiger partial charge on any atom is 0.251 e. The fraction of sp³-hybridized carbons (Fsp3) is 0.550. The van der Waals surface area contributed by atoms with Gasteiger partial charge in [0.1, 0.15) is 12.6 Å². The Morgan fingerprint density at radius 3 is 2.44 bits per heavy atom. The Hall–Kier alpha value is -2.09. The molecule has 2 amide bonds. The molecule has 8 nitrogen and oxygen atoms in total. The minimum absolute atomic E-state index is 0. The minimum atomic E-state index is -1.65. The number of ether oxygens (including phenoxy) is 1. The fourth-order valence-electron chi connectivity index (χ4n) is 3.50. The summed E-state index contributed by atoms with van der Waals surface area (Å²) in [7, 11) is 0. The zero-order valence-corrected chi connectivity index (χ0v) is 20.0. The molecule has 2 saturated heterocycles. The number of anilines is 1. The first-order chi connectivity index (χ1) is 14.9. The summed E-state index contributed by atoms with van der Waals surface area (Å²) in [5.74, 6) is -4.63. The van der Waals surface area contributed by atoms with Crippen molar-refractivity contribution in [3.05, 3.63) is 29.6 Å². The lowest BCUT2D eigenvalue weighted by Gasteiger charge is -2.37. The molecule has 32 heavy (non-hydrogen) atoms. The molecule has 1 aromatic rings. The van der Waals surface area contributed by atoms with E-state index in [1.54, 1.807) is 4.90 Å². The van der Waals surface area contributed by atoms with E-state index >= 15 is 0 Å². The number of aliphatic imine (C=N–C) groups is 1.